The number of carboxylic acids is 1. The fraction of sp³-hybridized carbons (Fsp3) is 0.667. The number of rotatable bonds is 3. The van der Waals surface area contributed by atoms with Crippen molar-refractivity contribution in [3.05, 3.63) is 0 Å². The van der Waals surface area contributed by atoms with Crippen LogP contribution in [0.3, 0.4) is 0 Å². The quantitative estimate of drug-likeness (QED) is 0.659. The first-order valence-corrected chi connectivity index (χ1v) is 4.99. The summed E-state index contributed by atoms with van der Waals surface area (Å²) < 4.78 is 37.8. The van der Waals surface area contributed by atoms with E-state index in [4.69, 9.17) is 5.11 Å². The van der Waals surface area contributed by atoms with Gasteiger partial charge in [-0.3, -0.25) is 9.59 Å². The molecule has 102 valence electrons. The number of carboxylic acid groups (broad SMARTS) is 1. The van der Waals surface area contributed by atoms with Crippen LogP contribution in [-0.4, -0.2) is 40.6 Å². The number of carbonyl (C=O) groups is 3. The van der Waals surface area contributed by atoms with Crippen LogP contribution >= 0.6 is 0 Å². The molecule has 1 heterocycles. The van der Waals surface area contributed by atoms with Gasteiger partial charge in [0.05, 0.1) is 0 Å². The molecule has 0 aliphatic carbocycles. The summed E-state index contributed by atoms with van der Waals surface area (Å²) in [4.78, 5) is 33.0. The fourth-order valence-corrected chi connectivity index (χ4v) is 1.39. The number of halogens is 3. The summed E-state index contributed by atoms with van der Waals surface area (Å²) in [6.45, 7) is 0.351. The Hall–Kier alpha value is -1.80. The zero-order valence-electron chi connectivity index (χ0n) is 9.30. The largest absolute Gasteiger partial charge is 0.479 e. The molecule has 0 aromatic rings. The van der Waals surface area contributed by atoms with E-state index >= 15 is 0 Å². The Kier molecular flexibility index (Phi) is 3.54. The van der Waals surface area contributed by atoms with Gasteiger partial charge in [0.25, 0.3) is 0 Å². The minimum absolute atomic E-state index is 0.0217. The van der Waals surface area contributed by atoms with E-state index in [2.05, 4.69) is 5.32 Å². The van der Waals surface area contributed by atoms with Crippen molar-refractivity contribution in [2.24, 2.45) is 0 Å². The van der Waals surface area contributed by atoms with Crippen LogP contribution in [0.15, 0.2) is 0 Å². The molecule has 0 bridgehead atoms. The minimum Gasteiger partial charge on any atom is -0.479 e. The van der Waals surface area contributed by atoms with Gasteiger partial charge in [-0.2, -0.15) is 13.2 Å². The molecule has 1 aliphatic rings. The van der Waals surface area contributed by atoms with Crippen molar-refractivity contribution >= 4 is 17.8 Å². The summed E-state index contributed by atoms with van der Waals surface area (Å²) in [5, 5.41) is 12.2. The summed E-state index contributed by atoms with van der Waals surface area (Å²) in [5.74, 6) is -3.84. The molecule has 18 heavy (non-hydrogen) atoms. The van der Waals surface area contributed by atoms with Crippen molar-refractivity contribution < 1.29 is 32.7 Å². The number of carbonyl (C=O) groups excluding carboxylic acids is 2. The third kappa shape index (κ3) is 2.54. The Balaban J connectivity index is 2.83. The highest BCUT2D eigenvalue weighted by atomic mass is 19.4. The first kappa shape index (κ1) is 14.3. The van der Waals surface area contributed by atoms with Gasteiger partial charge in [0.2, 0.25) is 17.4 Å². The number of hydrogen-bond donors (Lipinski definition) is 3. The third-order valence-corrected chi connectivity index (χ3v) is 2.68. The van der Waals surface area contributed by atoms with Crippen LogP contribution in [-0.2, 0) is 14.4 Å². The van der Waals surface area contributed by atoms with E-state index in [1.165, 1.54) is 5.32 Å². The summed E-state index contributed by atoms with van der Waals surface area (Å²) in [6.07, 6.45) is -5.08. The van der Waals surface area contributed by atoms with Crippen molar-refractivity contribution in [2.45, 2.75) is 37.5 Å². The van der Waals surface area contributed by atoms with Crippen molar-refractivity contribution in [2.75, 3.05) is 0 Å². The topological polar surface area (TPSA) is 95.5 Å². The summed E-state index contributed by atoms with van der Waals surface area (Å²) in [7, 11) is 0. The molecule has 1 aliphatic heterocycles. The molecule has 0 aromatic carbocycles. The van der Waals surface area contributed by atoms with Gasteiger partial charge in [0.15, 0.2) is 0 Å². The molecule has 2 amide bonds. The van der Waals surface area contributed by atoms with Crippen molar-refractivity contribution in [3.63, 3.8) is 0 Å². The molecule has 0 spiro atoms. The van der Waals surface area contributed by atoms with Gasteiger partial charge in [-0.1, -0.05) is 0 Å². The Labute approximate surface area is 99.5 Å². The van der Waals surface area contributed by atoms with E-state index < -0.39 is 35.5 Å². The predicted molar refractivity (Wildman–Crippen MR) is 51.4 cm³/mol. The van der Waals surface area contributed by atoms with Crippen LogP contribution in [0.4, 0.5) is 13.2 Å². The summed E-state index contributed by atoms with van der Waals surface area (Å²) in [6, 6.07) is -1.13. The molecule has 0 saturated carbocycles. The molecule has 1 rings (SSSR count). The van der Waals surface area contributed by atoms with Gasteiger partial charge >= 0.3 is 12.1 Å². The maximum Gasteiger partial charge on any atom is 0.422 e. The lowest BCUT2D eigenvalue weighted by atomic mass is 10.0. The molecular weight excluding hydrogens is 257 g/mol. The molecule has 0 aromatic heterocycles. The average Bonchev–Trinajstić information content (AvgIpc) is 2.62. The molecule has 2 atom stereocenters. The maximum absolute atomic E-state index is 12.6. The van der Waals surface area contributed by atoms with Crippen LogP contribution < -0.4 is 10.6 Å². The smallest absolute Gasteiger partial charge is 0.422 e. The van der Waals surface area contributed by atoms with E-state index in [0.717, 1.165) is 0 Å². The second-order valence-electron chi connectivity index (χ2n) is 4.08. The zero-order chi connectivity index (χ0) is 14.1. The highest BCUT2D eigenvalue weighted by molar-refractivity contribution is 5.94. The van der Waals surface area contributed by atoms with Gasteiger partial charge in [0.1, 0.15) is 6.04 Å². The van der Waals surface area contributed by atoms with E-state index in [1.54, 1.807) is 0 Å². The normalized spacial score (nSPS) is 23.1. The Morgan fingerprint density at radius 3 is 2.33 bits per heavy atom. The van der Waals surface area contributed by atoms with Gasteiger partial charge in [-0.25, -0.2) is 4.79 Å². The predicted octanol–water partition coefficient (Wildman–Crippen LogP) is -0.213. The van der Waals surface area contributed by atoms with Crippen LogP contribution in [0.5, 0.6) is 0 Å². The van der Waals surface area contributed by atoms with Crippen molar-refractivity contribution in [3.8, 4) is 0 Å². The molecule has 6 nitrogen and oxygen atoms in total. The van der Waals surface area contributed by atoms with Crippen LogP contribution in [0, 0.1) is 0 Å². The lowest BCUT2D eigenvalue weighted by Crippen LogP contribution is -2.64. The number of alkyl halides is 3. The summed E-state index contributed by atoms with van der Waals surface area (Å²) >= 11 is 0. The zero-order valence-corrected chi connectivity index (χ0v) is 9.30. The van der Waals surface area contributed by atoms with Gasteiger partial charge in [-0.05, 0) is 13.3 Å². The van der Waals surface area contributed by atoms with Gasteiger partial charge in [0, 0.05) is 6.42 Å². The SMILES string of the molecule is CC(NC(=O)[C@@H]1CCC(=O)N1)(C(=O)O)C(F)(F)F. The van der Waals surface area contributed by atoms with Crippen LogP contribution in [0.2, 0.25) is 0 Å². The van der Waals surface area contributed by atoms with Crippen LogP contribution in [0.1, 0.15) is 19.8 Å². The standard InChI is InChI=1S/C9H11F3N2O4/c1-8(7(17)18,9(10,11)12)14-6(16)4-2-3-5(15)13-4/h4H,2-3H2,1H3,(H,13,15)(H,14,16)(H,17,18)/t4-,8?/m0/s1. The number of amides is 2. The lowest BCUT2D eigenvalue weighted by Gasteiger charge is -2.29. The van der Waals surface area contributed by atoms with E-state index in [9.17, 15) is 27.6 Å². The first-order chi connectivity index (χ1) is 8.08. The Morgan fingerprint density at radius 2 is 2.00 bits per heavy atom. The van der Waals surface area contributed by atoms with Crippen LogP contribution in [0.25, 0.3) is 0 Å². The monoisotopic (exact) mass is 268 g/mol. The highest BCUT2D eigenvalue weighted by Gasteiger charge is 2.59. The number of hydrogen-bond acceptors (Lipinski definition) is 3. The number of aliphatic carboxylic acids is 1. The minimum atomic E-state index is -5.14. The van der Waals surface area contributed by atoms with Crippen molar-refractivity contribution in [1.29, 1.82) is 0 Å². The van der Waals surface area contributed by atoms with E-state index in [-0.39, 0.29) is 12.8 Å². The molecular formula is C9H11F3N2O4. The molecule has 1 unspecified atom stereocenters. The molecule has 3 N–H and O–H groups in total. The highest BCUT2D eigenvalue weighted by Crippen LogP contribution is 2.30. The second kappa shape index (κ2) is 4.46. The summed E-state index contributed by atoms with van der Waals surface area (Å²) in [5.41, 5.74) is -3.38. The third-order valence-electron chi connectivity index (χ3n) is 2.68. The average molecular weight is 268 g/mol. The second-order valence-corrected chi connectivity index (χ2v) is 4.08. The maximum atomic E-state index is 12.6. The molecule has 1 fully saturated rings. The molecule has 1 saturated heterocycles. The fourth-order valence-electron chi connectivity index (χ4n) is 1.39. The lowest BCUT2D eigenvalue weighted by molar-refractivity contribution is -0.207. The Bertz CT molecular complexity index is 396. The van der Waals surface area contributed by atoms with Crippen molar-refractivity contribution in [1.82, 2.24) is 10.6 Å². The molecule has 9 heteroatoms. The van der Waals surface area contributed by atoms with Gasteiger partial charge in [-0.15, -0.1) is 0 Å². The van der Waals surface area contributed by atoms with E-state index in [1.807, 2.05) is 0 Å². The number of nitrogens with one attached hydrogen (secondary N) is 2. The first-order valence-electron chi connectivity index (χ1n) is 4.99. The van der Waals surface area contributed by atoms with E-state index in [0.29, 0.717) is 6.92 Å². The molecule has 0 radical (unpaired) electrons. The Morgan fingerprint density at radius 1 is 1.44 bits per heavy atom. The van der Waals surface area contributed by atoms with Gasteiger partial charge < -0.3 is 15.7 Å².